The highest BCUT2D eigenvalue weighted by atomic mass is 32.1. The van der Waals surface area contributed by atoms with E-state index in [9.17, 15) is 9.59 Å². The molecule has 30 heavy (non-hydrogen) atoms. The van der Waals surface area contributed by atoms with Crippen molar-refractivity contribution in [2.45, 2.75) is 33.0 Å². The molecule has 1 aliphatic rings. The Kier molecular flexibility index (Phi) is 5.80. The zero-order valence-electron chi connectivity index (χ0n) is 16.9. The van der Waals surface area contributed by atoms with Crippen molar-refractivity contribution < 1.29 is 14.3 Å². The van der Waals surface area contributed by atoms with Crippen molar-refractivity contribution >= 4 is 23.2 Å². The third kappa shape index (κ3) is 3.93. The van der Waals surface area contributed by atoms with Crippen molar-refractivity contribution in [3.63, 3.8) is 0 Å². The van der Waals surface area contributed by atoms with Crippen molar-refractivity contribution in [2.75, 3.05) is 13.7 Å². The Morgan fingerprint density at radius 3 is 2.73 bits per heavy atom. The number of thiazole rings is 1. The topological polar surface area (TPSA) is 89.4 Å². The first-order valence-corrected chi connectivity index (χ1v) is 10.7. The van der Waals surface area contributed by atoms with Gasteiger partial charge in [0, 0.05) is 42.7 Å². The van der Waals surface area contributed by atoms with Crippen LogP contribution in [0.2, 0.25) is 0 Å². The Balaban J connectivity index is 1.51. The minimum atomic E-state index is -0.239. The van der Waals surface area contributed by atoms with E-state index in [1.165, 1.54) is 11.3 Å². The summed E-state index contributed by atoms with van der Waals surface area (Å²) >= 11 is 1.39. The lowest BCUT2D eigenvalue weighted by Gasteiger charge is -2.27. The molecular formula is C21H23N5O3S. The van der Waals surface area contributed by atoms with E-state index < -0.39 is 0 Å². The van der Waals surface area contributed by atoms with Crippen LogP contribution in [-0.4, -0.2) is 45.1 Å². The molecule has 0 atom stereocenters. The predicted octanol–water partition coefficient (Wildman–Crippen LogP) is 2.50. The van der Waals surface area contributed by atoms with E-state index >= 15 is 0 Å². The van der Waals surface area contributed by atoms with Gasteiger partial charge in [0.2, 0.25) is 0 Å². The number of carbonyl (C=O) groups is 2. The Morgan fingerprint density at radius 1 is 1.27 bits per heavy atom. The Hall–Kier alpha value is -3.20. The highest BCUT2D eigenvalue weighted by Gasteiger charge is 2.30. The summed E-state index contributed by atoms with van der Waals surface area (Å²) in [4.78, 5) is 31.5. The Labute approximate surface area is 178 Å². The number of amides is 2. The number of fused-ring (bicyclic) bond motifs is 1. The molecule has 2 aromatic heterocycles. The minimum Gasteiger partial charge on any atom is -0.497 e. The van der Waals surface area contributed by atoms with Gasteiger partial charge < -0.3 is 15.0 Å². The number of benzene rings is 1. The van der Waals surface area contributed by atoms with Crippen LogP contribution in [-0.2, 0) is 26.1 Å². The second-order valence-corrected chi connectivity index (χ2v) is 7.69. The molecule has 8 nitrogen and oxygen atoms in total. The van der Waals surface area contributed by atoms with Crippen LogP contribution in [0.4, 0.5) is 0 Å². The summed E-state index contributed by atoms with van der Waals surface area (Å²) in [6.07, 6.45) is 0.664. The molecule has 1 aliphatic heterocycles. The molecule has 4 rings (SSSR count). The van der Waals surface area contributed by atoms with Crippen LogP contribution in [0.25, 0.3) is 0 Å². The fourth-order valence-electron chi connectivity index (χ4n) is 3.60. The van der Waals surface area contributed by atoms with Crippen molar-refractivity contribution in [2.24, 2.45) is 0 Å². The molecule has 1 N–H and O–H groups in total. The molecule has 0 saturated heterocycles. The second kappa shape index (κ2) is 8.66. The Bertz CT molecular complexity index is 1040. The molecule has 2 amide bonds. The van der Waals surface area contributed by atoms with Gasteiger partial charge in [-0.15, -0.1) is 11.3 Å². The second-order valence-electron chi connectivity index (χ2n) is 6.97. The van der Waals surface area contributed by atoms with Crippen LogP contribution < -0.4 is 10.1 Å². The fourth-order valence-corrected chi connectivity index (χ4v) is 4.12. The summed E-state index contributed by atoms with van der Waals surface area (Å²) in [5.74, 6) is 0.415. The van der Waals surface area contributed by atoms with Crippen LogP contribution in [0.5, 0.6) is 5.75 Å². The molecular weight excluding hydrogens is 402 g/mol. The summed E-state index contributed by atoms with van der Waals surface area (Å²) in [5, 5.41) is 9.23. The fraction of sp³-hybridized carbons (Fsp3) is 0.333. The SMILES string of the molecule is CCn1nc(C(=O)NCc2ccc(OC)cc2)c2c1CCN(C(=O)c1cscn1)C2. The molecule has 0 unspecified atom stereocenters. The number of nitrogens with one attached hydrogen (secondary N) is 1. The van der Waals surface area contributed by atoms with Gasteiger partial charge in [-0.25, -0.2) is 4.98 Å². The maximum Gasteiger partial charge on any atom is 0.273 e. The molecule has 0 aliphatic carbocycles. The summed E-state index contributed by atoms with van der Waals surface area (Å²) in [7, 11) is 1.62. The summed E-state index contributed by atoms with van der Waals surface area (Å²) in [5.41, 5.74) is 5.28. The first-order valence-electron chi connectivity index (χ1n) is 9.77. The molecule has 3 heterocycles. The molecule has 0 spiro atoms. The highest BCUT2D eigenvalue weighted by Crippen LogP contribution is 2.24. The van der Waals surface area contributed by atoms with Crippen molar-refractivity contribution in [3.8, 4) is 5.75 Å². The lowest BCUT2D eigenvalue weighted by Crippen LogP contribution is -2.37. The van der Waals surface area contributed by atoms with Gasteiger partial charge in [0.15, 0.2) is 5.69 Å². The van der Waals surface area contributed by atoms with E-state index in [0.29, 0.717) is 44.0 Å². The number of ether oxygens (including phenoxy) is 1. The molecule has 1 aromatic carbocycles. The van der Waals surface area contributed by atoms with Gasteiger partial charge >= 0.3 is 0 Å². The van der Waals surface area contributed by atoms with Crippen LogP contribution in [0.1, 0.15) is 44.7 Å². The molecule has 0 fully saturated rings. The third-order valence-electron chi connectivity index (χ3n) is 5.20. The lowest BCUT2D eigenvalue weighted by atomic mass is 10.0. The number of hydrogen-bond donors (Lipinski definition) is 1. The van der Waals surface area contributed by atoms with Crippen LogP contribution in [0.3, 0.4) is 0 Å². The maximum absolute atomic E-state index is 12.9. The first-order chi connectivity index (χ1) is 14.6. The third-order valence-corrected chi connectivity index (χ3v) is 5.79. The first kappa shape index (κ1) is 20.1. The quantitative estimate of drug-likeness (QED) is 0.655. The van der Waals surface area contributed by atoms with Crippen molar-refractivity contribution in [1.82, 2.24) is 25.0 Å². The number of aromatic nitrogens is 3. The zero-order valence-corrected chi connectivity index (χ0v) is 17.7. The van der Waals surface area contributed by atoms with Crippen LogP contribution in [0.15, 0.2) is 35.2 Å². The van der Waals surface area contributed by atoms with Gasteiger partial charge in [-0.2, -0.15) is 5.10 Å². The zero-order chi connectivity index (χ0) is 21.1. The van der Waals surface area contributed by atoms with Crippen LogP contribution in [0, 0.1) is 0 Å². The van der Waals surface area contributed by atoms with E-state index in [1.54, 1.807) is 22.9 Å². The van der Waals surface area contributed by atoms with Gasteiger partial charge in [0.25, 0.3) is 11.8 Å². The minimum absolute atomic E-state index is 0.115. The number of aryl methyl sites for hydroxylation is 1. The molecule has 0 saturated carbocycles. The van der Waals surface area contributed by atoms with Gasteiger partial charge in [-0.05, 0) is 24.6 Å². The highest BCUT2D eigenvalue weighted by molar-refractivity contribution is 7.07. The smallest absolute Gasteiger partial charge is 0.273 e. The lowest BCUT2D eigenvalue weighted by molar-refractivity contribution is 0.0725. The largest absolute Gasteiger partial charge is 0.497 e. The van der Waals surface area contributed by atoms with Gasteiger partial charge in [0.1, 0.15) is 11.4 Å². The van der Waals surface area contributed by atoms with E-state index in [-0.39, 0.29) is 11.8 Å². The maximum atomic E-state index is 12.9. The summed E-state index contributed by atoms with van der Waals surface area (Å²) < 4.78 is 7.02. The molecule has 0 radical (unpaired) electrons. The average Bonchev–Trinajstić information content (AvgIpc) is 3.45. The van der Waals surface area contributed by atoms with Gasteiger partial charge in [-0.3, -0.25) is 14.3 Å². The molecule has 3 aromatic rings. The van der Waals surface area contributed by atoms with Crippen molar-refractivity contribution in [1.29, 1.82) is 0 Å². The number of methoxy groups -OCH3 is 1. The summed E-state index contributed by atoms with van der Waals surface area (Å²) in [6.45, 7) is 4.00. The van der Waals surface area contributed by atoms with E-state index in [0.717, 1.165) is 22.6 Å². The normalized spacial score (nSPS) is 13.1. The molecule has 156 valence electrons. The monoisotopic (exact) mass is 425 g/mol. The average molecular weight is 426 g/mol. The number of carbonyl (C=O) groups excluding carboxylic acids is 2. The van der Waals surface area contributed by atoms with Gasteiger partial charge in [0.05, 0.1) is 19.2 Å². The number of nitrogens with zero attached hydrogens (tertiary/aromatic N) is 4. The van der Waals surface area contributed by atoms with E-state index in [4.69, 9.17) is 4.74 Å². The molecule has 0 bridgehead atoms. The van der Waals surface area contributed by atoms with Gasteiger partial charge in [-0.1, -0.05) is 12.1 Å². The summed E-state index contributed by atoms with van der Waals surface area (Å²) in [6, 6.07) is 7.54. The number of hydrogen-bond acceptors (Lipinski definition) is 6. The molecule has 9 heteroatoms. The Morgan fingerprint density at radius 2 is 2.07 bits per heavy atom. The van der Waals surface area contributed by atoms with E-state index in [1.807, 2.05) is 35.9 Å². The van der Waals surface area contributed by atoms with Crippen molar-refractivity contribution in [3.05, 3.63) is 63.4 Å². The number of rotatable bonds is 6. The van der Waals surface area contributed by atoms with E-state index in [2.05, 4.69) is 15.4 Å². The predicted molar refractivity (Wildman–Crippen MR) is 113 cm³/mol. The van der Waals surface area contributed by atoms with Crippen LogP contribution >= 0.6 is 11.3 Å². The standard InChI is InChI=1S/C21H23N5O3S/c1-3-26-18-8-9-25(21(28)17-12-30-13-23-17)11-16(18)19(24-26)20(27)22-10-14-4-6-15(29-2)7-5-14/h4-7,12-13H,3,8-11H2,1-2H3,(H,22,27).